The number of anilines is 2. The minimum absolute atomic E-state index is 0.0445. The number of urea groups is 1. The molecule has 0 radical (unpaired) electrons. The molecule has 1 unspecified atom stereocenters. The summed E-state index contributed by atoms with van der Waals surface area (Å²) in [5, 5.41) is 8.80. The fourth-order valence-electron chi connectivity index (χ4n) is 4.11. The molecular weight excluding hydrogens is 428 g/mol. The molecule has 3 aromatic rings. The van der Waals surface area contributed by atoms with Crippen molar-refractivity contribution >= 4 is 23.3 Å². The standard InChI is InChI=1S/C27H30N4O3/c1-34-24-14-12-23(13-15-24)31-18-16-22(17-19-31)29-27(33)30-25(20-8-4-2-5-9-20)26(32)28-21-10-6-3-7-11-21/h2-15,22,25H,16-19H2,1H3,(H,28,32)(H2,29,30,33). The van der Waals surface area contributed by atoms with Crippen molar-refractivity contribution in [2.24, 2.45) is 0 Å². The number of ether oxygens (including phenoxy) is 1. The Morgan fingerprint density at radius 1 is 0.882 bits per heavy atom. The lowest BCUT2D eigenvalue weighted by Gasteiger charge is -2.34. The van der Waals surface area contributed by atoms with Gasteiger partial charge in [-0.2, -0.15) is 0 Å². The van der Waals surface area contributed by atoms with Gasteiger partial charge in [-0.05, 0) is 54.8 Å². The van der Waals surface area contributed by atoms with Crippen molar-refractivity contribution in [3.8, 4) is 5.75 Å². The summed E-state index contributed by atoms with van der Waals surface area (Å²) in [5.74, 6) is 0.545. The van der Waals surface area contributed by atoms with Crippen molar-refractivity contribution in [2.75, 3.05) is 30.4 Å². The first-order valence-corrected chi connectivity index (χ1v) is 11.5. The maximum atomic E-state index is 13.0. The van der Waals surface area contributed by atoms with Crippen LogP contribution in [0.3, 0.4) is 0 Å². The van der Waals surface area contributed by atoms with E-state index in [0.29, 0.717) is 5.69 Å². The molecule has 7 nitrogen and oxygen atoms in total. The van der Waals surface area contributed by atoms with Crippen LogP contribution in [0.15, 0.2) is 84.9 Å². The predicted octanol–water partition coefficient (Wildman–Crippen LogP) is 4.34. The molecule has 1 heterocycles. The first kappa shape index (κ1) is 23.2. The number of piperidine rings is 1. The zero-order chi connectivity index (χ0) is 23.8. The fourth-order valence-corrected chi connectivity index (χ4v) is 4.11. The molecule has 3 amide bonds. The number of nitrogens with one attached hydrogen (secondary N) is 3. The molecular formula is C27H30N4O3. The minimum atomic E-state index is -0.805. The van der Waals surface area contributed by atoms with Crippen LogP contribution >= 0.6 is 0 Å². The van der Waals surface area contributed by atoms with Crippen molar-refractivity contribution < 1.29 is 14.3 Å². The maximum absolute atomic E-state index is 13.0. The summed E-state index contributed by atoms with van der Waals surface area (Å²) in [5.41, 5.74) is 2.55. The topological polar surface area (TPSA) is 82.7 Å². The number of amides is 3. The molecule has 1 aliphatic heterocycles. The van der Waals surface area contributed by atoms with E-state index < -0.39 is 6.04 Å². The summed E-state index contributed by atoms with van der Waals surface area (Å²) in [6.45, 7) is 1.68. The molecule has 1 atom stereocenters. The molecule has 3 N–H and O–H groups in total. The number of carbonyl (C=O) groups excluding carboxylic acids is 2. The molecule has 4 rings (SSSR count). The number of benzene rings is 3. The minimum Gasteiger partial charge on any atom is -0.497 e. The van der Waals surface area contributed by atoms with Crippen LogP contribution in [0.2, 0.25) is 0 Å². The largest absolute Gasteiger partial charge is 0.497 e. The van der Waals surface area contributed by atoms with E-state index in [1.54, 1.807) is 7.11 Å². The van der Waals surface area contributed by atoms with E-state index in [1.165, 1.54) is 0 Å². The van der Waals surface area contributed by atoms with Gasteiger partial charge in [-0.25, -0.2) is 4.79 Å². The molecule has 0 bridgehead atoms. The normalized spacial score (nSPS) is 14.7. The number of hydrogen-bond acceptors (Lipinski definition) is 4. The lowest BCUT2D eigenvalue weighted by molar-refractivity contribution is -0.118. The molecule has 1 fully saturated rings. The van der Waals surface area contributed by atoms with Gasteiger partial charge in [-0.1, -0.05) is 48.5 Å². The van der Waals surface area contributed by atoms with E-state index in [9.17, 15) is 9.59 Å². The SMILES string of the molecule is COc1ccc(N2CCC(NC(=O)NC(C(=O)Nc3ccccc3)c3ccccc3)CC2)cc1. The van der Waals surface area contributed by atoms with Crippen LogP contribution in [0.25, 0.3) is 0 Å². The van der Waals surface area contributed by atoms with Gasteiger partial charge in [-0.15, -0.1) is 0 Å². The highest BCUT2D eigenvalue weighted by Gasteiger charge is 2.26. The molecule has 0 aliphatic carbocycles. The van der Waals surface area contributed by atoms with Gasteiger partial charge in [0.25, 0.3) is 5.91 Å². The number of hydrogen-bond donors (Lipinski definition) is 3. The van der Waals surface area contributed by atoms with Gasteiger partial charge in [0.1, 0.15) is 11.8 Å². The van der Waals surface area contributed by atoms with Crippen molar-refractivity contribution in [1.29, 1.82) is 0 Å². The average Bonchev–Trinajstić information content (AvgIpc) is 2.89. The van der Waals surface area contributed by atoms with Crippen molar-refractivity contribution in [1.82, 2.24) is 10.6 Å². The second-order valence-electron chi connectivity index (χ2n) is 8.28. The Morgan fingerprint density at radius 3 is 2.12 bits per heavy atom. The number of methoxy groups -OCH3 is 1. The average molecular weight is 459 g/mol. The van der Waals surface area contributed by atoms with E-state index in [-0.39, 0.29) is 18.0 Å². The van der Waals surface area contributed by atoms with E-state index in [1.807, 2.05) is 72.8 Å². The lowest BCUT2D eigenvalue weighted by atomic mass is 10.0. The fraction of sp³-hybridized carbons (Fsp3) is 0.259. The van der Waals surface area contributed by atoms with E-state index in [0.717, 1.165) is 42.9 Å². The monoisotopic (exact) mass is 458 g/mol. The first-order chi connectivity index (χ1) is 16.6. The summed E-state index contributed by atoms with van der Waals surface area (Å²) in [6, 6.07) is 25.4. The van der Waals surface area contributed by atoms with E-state index >= 15 is 0 Å². The summed E-state index contributed by atoms with van der Waals surface area (Å²) in [6.07, 6.45) is 1.65. The van der Waals surface area contributed by atoms with Crippen LogP contribution in [0.1, 0.15) is 24.4 Å². The Hall–Kier alpha value is -4.00. The van der Waals surface area contributed by atoms with Gasteiger partial charge in [0, 0.05) is 30.5 Å². The molecule has 176 valence electrons. The Bertz CT molecular complexity index is 1070. The highest BCUT2D eigenvalue weighted by molar-refractivity contribution is 5.97. The van der Waals surface area contributed by atoms with Crippen molar-refractivity contribution in [2.45, 2.75) is 24.9 Å². The molecule has 1 aliphatic rings. The summed E-state index contributed by atoms with van der Waals surface area (Å²) in [4.78, 5) is 28.2. The highest BCUT2D eigenvalue weighted by Crippen LogP contribution is 2.23. The molecule has 7 heteroatoms. The zero-order valence-electron chi connectivity index (χ0n) is 19.2. The molecule has 0 spiro atoms. The van der Waals surface area contributed by atoms with Gasteiger partial charge in [0.15, 0.2) is 0 Å². The molecule has 0 saturated carbocycles. The van der Waals surface area contributed by atoms with Gasteiger partial charge >= 0.3 is 6.03 Å². The van der Waals surface area contributed by atoms with Crippen LogP contribution in [0.5, 0.6) is 5.75 Å². The zero-order valence-corrected chi connectivity index (χ0v) is 19.2. The second kappa shape index (κ2) is 11.2. The Kier molecular flexibility index (Phi) is 7.65. The number of carbonyl (C=O) groups is 2. The van der Waals surface area contributed by atoms with Gasteiger partial charge in [0.2, 0.25) is 0 Å². The highest BCUT2D eigenvalue weighted by atomic mass is 16.5. The third kappa shape index (κ3) is 6.07. The summed E-state index contributed by atoms with van der Waals surface area (Å²) >= 11 is 0. The molecule has 1 saturated heterocycles. The summed E-state index contributed by atoms with van der Waals surface area (Å²) in [7, 11) is 1.66. The molecule has 3 aromatic carbocycles. The third-order valence-corrected chi connectivity index (χ3v) is 5.98. The Labute approximate surface area is 200 Å². The Balaban J connectivity index is 1.34. The van der Waals surface area contributed by atoms with Gasteiger partial charge in [0.05, 0.1) is 7.11 Å². The number of nitrogens with zero attached hydrogens (tertiary/aromatic N) is 1. The van der Waals surface area contributed by atoms with Crippen LogP contribution in [0, 0.1) is 0 Å². The van der Waals surface area contributed by atoms with Crippen LogP contribution < -0.4 is 25.6 Å². The van der Waals surface area contributed by atoms with Crippen LogP contribution in [-0.2, 0) is 4.79 Å². The maximum Gasteiger partial charge on any atom is 0.315 e. The van der Waals surface area contributed by atoms with Crippen LogP contribution in [0.4, 0.5) is 16.2 Å². The van der Waals surface area contributed by atoms with E-state index in [4.69, 9.17) is 4.74 Å². The van der Waals surface area contributed by atoms with Crippen molar-refractivity contribution in [3.05, 3.63) is 90.5 Å². The van der Waals surface area contributed by atoms with Crippen LogP contribution in [-0.4, -0.2) is 38.2 Å². The van der Waals surface area contributed by atoms with Gasteiger partial charge in [-0.3, -0.25) is 4.79 Å². The number of rotatable bonds is 7. The third-order valence-electron chi connectivity index (χ3n) is 5.98. The number of para-hydroxylation sites is 1. The quantitative estimate of drug-likeness (QED) is 0.492. The molecule has 34 heavy (non-hydrogen) atoms. The smallest absolute Gasteiger partial charge is 0.315 e. The van der Waals surface area contributed by atoms with E-state index in [2.05, 4.69) is 33.0 Å². The lowest BCUT2D eigenvalue weighted by Crippen LogP contribution is -2.50. The second-order valence-corrected chi connectivity index (χ2v) is 8.28. The predicted molar refractivity (Wildman–Crippen MR) is 134 cm³/mol. The van der Waals surface area contributed by atoms with Crippen molar-refractivity contribution in [3.63, 3.8) is 0 Å². The summed E-state index contributed by atoms with van der Waals surface area (Å²) < 4.78 is 5.23. The Morgan fingerprint density at radius 2 is 1.50 bits per heavy atom. The van der Waals surface area contributed by atoms with Gasteiger partial charge < -0.3 is 25.6 Å². The first-order valence-electron chi connectivity index (χ1n) is 11.5. The molecule has 0 aromatic heterocycles.